The molecule has 0 unspecified atom stereocenters. The van der Waals surface area contributed by atoms with Gasteiger partial charge in [0.15, 0.2) is 5.96 Å². The van der Waals surface area contributed by atoms with Gasteiger partial charge in [0.1, 0.15) is 0 Å². The normalized spacial score (nSPS) is 15.2. The summed E-state index contributed by atoms with van der Waals surface area (Å²) in [6.07, 6.45) is 0.954. The van der Waals surface area contributed by atoms with E-state index in [1.807, 2.05) is 20.9 Å². The van der Waals surface area contributed by atoms with Crippen LogP contribution in [0.2, 0.25) is 0 Å². The Bertz CT molecular complexity index is 841. The van der Waals surface area contributed by atoms with Gasteiger partial charge < -0.3 is 15.5 Å². The molecule has 0 radical (unpaired) electrons. The third-order valence-corrected chi connectivity index (χ3v) is 5.26. The summed E-state index contributed by atoms with van der Waals surface area (Å²) in [6.45, 7) is 8.79. The van der Waals surface area contributed by atoms with E-state index in [1.54, 1.807) is 0 Å². The van der Waals surface area contributed by atoms with E-state index >= 15 is 0 Å². The molecule has 164 valence electrons. The zero-order valence-corrected chi connectivity index (χ0v) is 20.6. The fraction of sp³-hybridized carbons (Fsp3) is 0.478. The van der Waals surface area contributed by atoms with Crippen molar-refractivity contribution in [3.05, 3.63) is 48.0 Å². The maximum absolute atomic E-state index is 12.0. The second-order valence-electron chi connectivity index (χ2n) is 7.85. The van der Waals surface area contributed by atoms with Crippen molar-refractivity contribution < 1.29 is 4.79 Å². The molecular weight excluding hydrogens is 489 g/mol. The van der Waals surface area contributed by atoms with Gasteiger partial charge in [-0.05, 0) is 36.6 Å². The van der Waals surface area contributed by atoms with E-state index in [4.69, 9.17) is 0 Å². The zero-order chi connectivity index (χ0) is 20.6. The van der Waals surface area contributed by atoms with Crippen LogP contribution in [0.3, 0.4) is 0 Å². The zero-order valence-electron chi connectivity index (χ0n) is 18.2. The number of carbonyl (C=O) groups is 1. The molecule has 1 heterocycles. The molecule has 3 rings (SSSR count). The van der Waals surface area contributed by atoms with Crippen molar-refractivity contribution in [1.82, 2.24) is 20.4 Å². The molecule has 0 saturated carbocycles. The second kappa shape index (κ2) is 12.1. The van der Waals surface area contributed by atoms with Crippen molar-refractivity contribution in [2.24, 2.45) is 4.99 Å². The van der Waals surface area contributed by atoms with Gasteiger partial charge in [-0.1, -0.05) is 42.5 Å². The minimum Gasteiger partial charge on any atom is -0.356 e. The van der Waals surface area contributed by atoms with Gasteiger partial charge in [0.2, 0.25) is 5.91 Å². The van der Waals surface area contributed by atoms with E-state index in [0.29, 0.717) is 6.54 Å². The van der Waals surface area contributed by atoms with E-state index in [0.717, 1.165) is 45.1 Å². The molecule has 2 N–H and O–H groups in total. The second-order valence-corrected chi connectivity index (χ2v) is 7.85. The predicted molar refractivity (Wildman–Crippen MR) is 136 cm³/mol. The number of nitrogens with one attached hydrogen (secondary N) is 2. The van der Waals surface area contributed by atoms with Crippen LogP contribution in [0.5, 0.6) is 0 Å². The maximum Gasteiger partial charge on any atom is 0.234 e. The molecule has 2 aromatic carbocycles. The summed E-state index contributed by atoms with van der Waals surface area (Å²) >= 11 is 0. The average Bonchev–Trinajstić information content (AvgIpc) is 2.71. The standard InChI is InChI=1S/C23H33N5O.HI/c1-18(2)26-22(29)17-27-13-15-28(16-14-27)23(24-3)25-12-11-20-9-6-8-19-7-4-5-10-21(19)20;/h4-10,18H,11-17H2,1-3H3,(H,24,25)(H,26,29);1H. The maximum atomic E-state index is 12.0. The Balaban J connectivity index is 0.00000320. The molecule has 1 saturated heterocycles. The highest BCUT2D eigenvalue weighted by molar-refractivity contribution is 14.0. The van der Waals surface area contributed by atoms with Crippen molar-refractivity contribution >= 4 is 46.6 Å². The highest BCUT2D eigenvalue weighted by atomic mass is 127. The lowest BCUT2D eigenvalue weighted by Crippen LogP contribution is -2.54. The topological polar surface area (TPSA) is 60.0 Å². The highest BCUT2D eigenvalue weighted by Gasteiger charge is 2.21. The number of hydrogen-bond acceptors (Lipinski definition) is 3. The Morgan fingerprint density at radius 2 is 1.77 bits per heavy atom. The number of aliphatic imine (C=N–C) groups is 1. The Labute approximate surface area is 197 Å². The number of fused-ring (bicyclic) bond motifs is 1. The molecule has 1 aliphatic heterocycles. The summed E-state index contributed by atoms with van der Waals surface area (Å²) < 4.78 is 0. The van der Waals surface area contributed by atoms with Crippen LogP contribution in [0.4, 0.5) is 0 Å². The van der Waals surface area contributed by atoms with Gasteiger partial charge in [0, 0.05) is 45.8 Å². The first-order valence-electron chi connectivity index (χ1n) is 10.5. The van der Waals surface area contributed by atoms with E-state index in [1.165, 1.54) is 16.3 Å². The number of amides is 1. The summed E-state index contributed by atoms with van der Waals surface area (Å²) in [6, 6.07) is 15.2. The number of benzene rings is 2. The van der Waals surface area contributed by atoms with E-state index < -0.39 is 0 Å². The van der Waals surface area contributed by atoms with Gasteiger partial charge in [-0.3, -0.25) is 14.7 Å². The van der Waals surface area contributed by atoms with Crippen LogP contribution in [0, 0.1) is 0 Å². The molecular formula is C23H34IN5O. The number of rotatable bonds is 6. The minimum absolute atomic E-state index is 0. The molecule has 0 aliphatic carbocycles. The number of halogens is 1. The third-order valence-electron chi connectivity index (χ3n) is 5.26. The van der Waals surface area contributed by atoms with E-state index in [2.05, 4.69) is 67.9 Å². The van der Waals surface area contributed by atoms with E-state index in [9.17, 15) is 4.79 Å². The van der Waals surface area contributed by atoms with Gasteiger partial charge >= 0.3 is 0 Å². The number of hydrogen-bond donors (Lipinski definition) is 2. The molecule has 0 spiro atoms. The van der Waals surface area contributed by atoms with Crippen molar-refractivity contribution in [3.63, 3.8) is 0 Å². The summed E-state index contributed by atoms with van der Waals surface area (Å²) in [4.78, 5) is 20.9. The molecule has 0 aromatic heterocycles. The lowest BCUT2D eigenvalue weighted by atomic mass is 10.0. The van der Waals surface area contributed by atoms with Crippen LogP contribution in [-0.2, 0) is 11.2 Å². The summed E-state index contributed by atoms with van der Waals surface area (Å²) in [7, 11) is 1.84. The SMILES string of the molecule is CN=C(NCCc1cccc2ccccc12)N1CCN(CC(=O)NC(C)C)CC1.I. The smallest absolute Gasteiger partial charge is 0.234 e. The third kappa shape index (κ3) is 6.84. The van der Waals surface area contributed by atoms with Crippen LogP contribution < -0.4 is 10.6 Å². The predicted octanol–water partition coefficient (Wildman–Crippen LogP) is 2.72. The van der Waals surface area contributed by atoms with Crippen molar-refractivity contribution in [3.8, 4) is 0 Å². The number of guanidine groups is 1. The van der Waals surface area contributed by atoms with Crippen molar-refractivity contribution in [1.29, 1.82) is 0 Å². The first-order valence-corrected chi connectivity index (χ1v) is 10.5. The van der Waals surface area contributed by atoms with Gasteiger partial charge in [-0.25, -0.2) is 0 Å². The summed E-state index contributed by atoms with van der Waals surface area (Å²) in [5.74, 6) is 1.04. The molecule has 1 aliphatic rings. The molecule has 30 heavy (non-hydrogen) atoms. The van der Waals surface area contributed by atoms with Crippen LogP contribution in [-0.4, -0.2) is 74.0 Å². The number of piperazine rings is 1. The average molecular weight is 523 g/mol. The summed E-state index contributed by atoms with van der Waals surface area (Å²) in [5.41, 5.74) is 1.35. The van der Waals surface area contributed by atoms with Crippen LogP contribution in [0.1, 0.15) is 19.4 Å². The first-order chi connectivity index (χ1) is 14.1. The molecule has 0 bridgehead atoms. The molecule has 6 nitrogen and oxygen atoms in total. The quantitative estimate of drug-likeness (QED) is 0.348. The van der Waals surface area contributed by atoms with Crippen LogP contribution >= 0.6 is 24.0 Å². The van der Waals surface area contributed by atoms with Crippen LogP contribution in [0.25, 0.3) is 10.8 Å². The Morgan fingerprint density at radius 3 is 2.47 bits per heavy atom. The van der Waals surface area contributed by atoms with Crippen LogP contribution in [0.15, 0.2) is 47.5 Å². The number of carbonyl (C=O) groups excluding carboxylic acids is 1. The van der Waals surface area contributed by atoms with Gasteiger partial charge in [-0.2, -0.15) is 0 Å². The lowest BCUT2D eigenvalue weighted by molar-refractivity contribution is -0.123. The Hall–Kier alpha value is -1.87. The molecule has 1 amide bonds. The molecule has 2 aromatic rings. The molecule has 1 fully saturated rings. The monoisotopic (exact) mass is 523 g/mol. The Kier molecular flexibility index (Phi) is 9.84. The van der Waals surface area contributed by atoms with Gasteiger partial charge in [-0.15, -0.1) is 24.0 Å². The number of nitrogens with zero attached hydrogens (tertiary/aromatic N) is 3. The van der Waals surface area contributed by atoms with Gasteiger partial charge in [0.05, 0.1) is 6.54 Å². The minimum atomic E-state index is 0. The summed E-state index contributed by atoms with van der Waals surface area (Å²) in [5, 5.41) is 9.08. The lowest BCUT2D eigenvalue weighted by Gasteiger charge is -2.36. The largest absolute Gasteiger partial charge is 0.356 e. The Morgan fingerprint density at radius 1 is 1.07 bits per heavy atom. The van der Waals surface area contributed by atoms with Crippen molar-refractivity contribution in [2.45, 2.75) is 26.3 Å². The first kappa shape index (κ1) is 24.4. The highest BCUT2D eigenvalue weighted by Crippen LogP contribution is 2.18. The molecule has 0 atom stereocenters. The fourth-order valence-corrected chi connectivity index (χ4v) is 3.84. The molecule has 7 heteroatoms. The van der Waals surface area contributed by atoms with Crippen molar-refractivity contribution in [2.75, 3.05) is 46.3 Å². The van der Waals surface area contributed by atoms with E-state index in [-0.39, 0.29) is 35.9 Å². The fourth-order valence-electron chi connectivity index (χ4n) is 3.84. The van der Waals surface area contributed by atoms with Gasteiger partial charge in [0.25, 0.3) is 0 Å².